The SMILES string of the molecule is C=CCNC(=O)c1cccc(C)c1C. The van der Waals surface area contributed by atoms with Crippen molar-refractivity contribution in [3.8, 4) is 0 Å². The van der Waals surface area contributed by atoms with E-state index in [-0.39, 0.29) is 5.91 Å². The van der Waals surface area contributed by atoms with Gasteiger partial charge in [-0.1, -0.05) is 18.2 Å². The van der Waals surface area contributed by atoms with E-state index in [4.69, 9.17) is 0 Å². The molecule has 1 N–H and O–H groups in total. The second kappa shape index (κ2) is 4.61. The van der Waals surface area contributed by atoms with E-state index in [1.54, 1.807) is 6.08 Å². The quantitative estimate of drug-likeness (QED) is 0.726. The Kier molecular flexibility index (Phi) is 3.46. The highest BCUT2D eigenvalue weighted by Gasteiger charge is 2.07. The predicted molar refractivity (Wildman–Crippen MR) is 58.4 cm³/mol. The van der Waals surface area contributed by atoms with E-state index in [1.807, 2.05) is 32.0 Å². The molecule has 0 saturated carbocycles. The maximum atomic E-state index is 11.6. The van der Waals surface area contributed by atoms with E-state index in [2.05, 4.69) is 11.9 Å². The van der Waals surface area contributed by atoms with Crippen molar-refractivity contribution in [2.24, 2.45) is 0 Å². The van der Waals surface area contributed by atoms with E-state index in [0.717, 1.165) is 16.7 Å². The number of aryl methyl sites for hydroxylation is 1. The molecule has 0 fully saturated rings. The summed E-state index contributed by atoms with van der Waals surface area (Å²) in [5, 5.41) is 2.76. The van der Waals surface area contributed by atoms with Crippen LogP contribution in [0.5, 0.6) is 0 Å². The molecule has 74 valence electrons. The normalized spacial score (nSPS) is 9.57. The molecule has 2 heteroatoms. The van der Waals surface area contributed by atoms with Crippen LogP contribution in [0.2, 0.25) is 0 Å². The molecule has 0 bridgehead atoms. The standard InChI is InChI=1S/C12H15NO/c1-4-8-13-12(14)11-7-5-6-9(2)10(11)3/h4-7H,1,8H2,2-3H3,(H,13,14). The average Bonchev–Trinajstić information content (AvgIpc) is 2.18. The molecule has 1 rings (SSSR count). The molecule has 2 nitrogen and oxygen atoms in total. The molecule has 0 radical (unpaired) electrons. The van der Waals surface area contributed by atoms with Crippen molar-refractivity contribution in [2.45, 2.75) is 13.8 Å². The molecule has 1 aromatic rings. The van der Waals surface area contributed by atoms with E-state index >= 15 is 0 Å². The van der Waals surface area contributed by atoms with Gasteiger partial charge in [0.1, 0.15) is 0 Å². The Balaban J connectivity index is 2.89. The minimum atomic E-state index is -0.0360. The van der Waals surface area contributed by atoms with Crippen molar-refractivity contribution in [3.05, 3.63) is 47.5 Å². The van der Waals surface area contributed by atoms with Crippen LogP contribution in [0.25, 0.3) is 0 Å². The topological polar surface area (TPSA) is 29.1 Å². The molecule has 0 heterocycles. The fraction of sp³-hybridized carbons (Fsp3) is 0.250. The van der Waals surface area contributed by atoms with E-state index in [1.165, 1.54) is 0 Å². The molecule has 0 aromatic heterocycles. The first-order valence-corrected chi connectivity index (χ1v) is 4.62. The van der Waals surface area contributed by atoms with E-state index in [9.17, 15) is 4.79 Å². The largest absolute Gasteiger partial charge is 0.349 e. The van der Waals surface area contributed by atoms with Gasteiger partial charge in [0.05, 0.1) is 0 Å². The van der Waals surface area contributed by atoms with Crippen LogP contribution in [0.4, 0.5) is 0 Å². The highest BCUT2D eigenvalue weighted by atomic mass is 16.1. The van der Waals surface area contributed by atoms with Crippen molar-refractivity contribution >= 4 is 5.91 Å². The van der Waals surface area contributed by atoms with Crippen molar-refractivity contribution in [3.63, 3.8) is 0 Å². The summed E-state index contributed by atoms with van der Waals surface area (Å²) in [5.74, 6) is -0.0360. The summed E-state index contributed by atoms with van der Waals surface area (Å²) in [5.41, 5.74) is 2.91. The predicted octanol–water partition coefficient (Wildman–Crippen LogP) is 2.22. The van der Waals surface area contributed by atoms with Crippen LogP contribution in [-0.4, -0.2) is 12.5 Å². The minimum Gasteiger partial charge on any atom is -0.349 e. The fourth-order valence-corrected chi connectivity index (χ4v) is 1.26. The molecular formula is C12H15NO. The van der Waals surface area contributed by atoms with Crippen LogP contribution in [0.3, 0.4) is 0 Å². The summed E-state index contributed by atoms with van der Waals surface area (Å²) in [6.07, 6.45) is 1.67. The van der Waals surface area contributed by atoms with Gasteiger partial charge in [-0.15, -0.1) is 6.58 Å². The molecule has 0 aliphatic carbocycles. The number of nitrogens with one attached hydrogen (secondary N) is 1. The number of benzene rings is 1. The Morgan fingerprint density at radius 2 is 2.21 bits per heavy atom. The maximum absolute atomic E-state index is 11.6. The van der Waals surface area contributed by atoms with Gasteiger partial charge in [0.2, 0.25) is 0 Å². The van der Waals surface area contributed by atoms with Gasteiger partial charge in [0.25, 0.3) is 5.91 Å². The molecule has 0 saturated heterocycles. The first kappa shape index (κ1) is 10.5. The zero-order chi connectivity index (χ0) is 10.6. The van der Waals surface area contributed by atoms with Crippen molar-refractivity contribution in [2.75, 3.05) is 6.54 Å². The van der Waals surface area contributed by atoms with Crippen LogP contribution in [0.1, 0.15) is 21.5 Å². The van der Waals surface area contributed by atoms with Gasteiger partial charge >= 0.3 is 0 Å². The highest BCUT2D eigenvalue weighted by molar-refractivity contribution is 5.95. The molecule has 0 aliphatic rings. The third-order valence-corrected chi connectivity index (χ3v) is 2.26. The van der Waals surface area contributed by atoms with Crippen LogP contribution >= 0.6 is 0 Å². The second-order valence-electron chi connectivity index (χ2n) is 3.25. The van der Waals surface area contributed by atoms with Crippen LogP contribution in [0.15, 0.2) is 30.9 Å². The van der Waals surface area contributed by atoms with Gasteiger partial charge in [-0.05, 0) is 31.0 Å². The number of rotatable bonds is 3. The van der Waals surface area contributed by atoms with Gasteiger partial charge in [-0.2, -0.15) is 0 Å². The lowest BCUT2D eigenvalue weighted by Gasteiger charge is -2.07. The van der Waals surface area contributed by atoms with Crippen LogP contribution in [0, 0.1) is 13.8 Å². The lowest BCUT2D eigenvalue weighted by Crippen LogP contribution is -2.24. The fourth-order valence-electron chi connectivity index (χ4n) is 1.26. The Labute approximate surface area is 84.6 Å². The lowest BCUT2D eigenvalue weighted by atomic mass is 10.0. The first-order chi connectivity index (χ1) is 6.66. The zero-order valence-electron chi connectivity index (χ0n) is 8.63. The van der Waals surface area contributed by atoms with Crippen molar-refractivity contribution in [1.29, 1.82) is 0 Å². The number of carbonyl (C=O) groups excluding carboxylic acids is 1. The number of hydrogen-bond donors (Lipinski definition) is 1. The van der Waals surface area contributed by atoms with Crippen LogP contribution in [-0.2, 0) is 0 Å². The van der Waals surface area contributed by atoms with Gasteiger partial charge in [-0.3, -0.25) is 4.79 Å². The molecule has 1 amide bonds. The highest BCUT2D eigenvalue weighted by Crippen LogP contribution is 2.12. The monoisotopic (exact) mass is 189 g/mol. The molecule has 0 atom stereocenters. The van der Waals surface area contributed by atoms with Gasteiger partial charge < -0.3 is 5.32 Å². The molecule has 14 heavy (non-hydrogen) atoms. The third kappa shape index (κ3) is 2.22. The van der Waals surface area contributed by atoms with Crippen LogP contribution < -0.4 is 5.32 Å². The summed E-state index contributed by atoms with van der Waals surface area (Å²) in [4.78, 5) is 11.6. The molecule has 1 aromatic carbocycles. The molecule has 0 aliphatic heterocycles. The first-order valence-electron chi connectivity index (χ1n) is 4.62. The number of hydrogen-bond acceptors (Lipinski definition) is 1. The van der Waals surface area contributed by atoms with Gasteiger partial charge in [0, 0.05) is 12.1 Å². The van der Waals surface area contributed by atoms with Crippen molar-refractivity contribution < 1.29 is 4.79 Å². The lowest BCUT2D eigenvalue weighted by molar-refractivity contribution is 0.0957. The van der Waals surface area contributed by atoms with Gasteiger partial charge in [-0.25, -0.2) is 0 Å². The summed E-state index contributed by atoms with van der Waals surface area (Å²) in [6.45, 7) is 8.01. The minimum absolute atomic E-state index is 0.0360. The Hall–Kier alpha value is -1.57. The smallest absolute Gasteiger partial charge is 0.251 e. The Bertz CT molecular complexity index is 355. The summed E-state index contributed by atoms with van der Waals surface area (Å²) in [7, 11) is 0. The number of amides is 1. The van der Waals surface area contributed by atoms with E-state index in [0.29, 0.717) is 6.54 Å². The van der Waals surface area contributed by atoms with Crippen molar-refractivity contribution in [1.82, 2.24) is 5.32 Å². The molecular weight excluding hydrogens is 174 g/mol. The number of carbonyl (C=O) groups is 1. The summed E-state index contributed by atoms with van der Waals surface area (Å²) in [6, 6.07) is 5.73. The zero-order valence-corrected chi connectivity index (χ0v) is 8.63. The maximum Gasteiger partial charge on any atom is 0.251 e. The average molecular weight is 189 g/mol. The van der Waals surface area contributed by atoms with Gasteiger partial charge in [0.15, 0.2) is 0 Å². The Morgan fingerprint density at radius 3 is 2.86 bits per heavy atom. The summed E-state index contributed by atoms with van der Waals surface area (Å²) < 4.78 is 0. The van der Waals surface area contributed by atoms with E-state index < -0.39 is 0 Å². The summed E-state index contributed by atoms with van der Waals surface area (Å²) >= 11 is 0. The second-order valence-corrected chi connectivity index (χ2v) is 3.25. The Morgan fingerprint density at radius 1 is 1.50 bits per heavy atom. The third-order valence-electron chi connectivity index (χ3n) is 2.26. The molecule has 0 unspecified atom stereocenters. The molecule has 0 spiro atoms.